The highest BCUT2D eigenvalue weighted by Crippen LogP contribution is 2.52. The van der Waals surface area contributed by atoms with Gasteiger partial charge in [0.05, 0.1) is 11.0 Å². The van der Waals surface area contributed by atoms with Crippen LogP contribution in [0.1, 0.15) is 52.7 Å². The first-order valence-corrected chi connectivity index (χ1v) is 27.1. The molecule has 0 N–H and O–H groups in total. The lowest BCUT2D eigenvalue weighted by Crippen LogP contribution is -2.56. The van der Waals surface area contributed by atoms with Crippen molar-refractivity contribution in [1.82, 2.24) is 8.96 Å². The predicted octanol–water partition coefficient (Wildman–Crippen LogP) is 15.5. The van der Waals surface area contributed by atoms with Crippen molar-refractivity contribution in [3.8, 4) is 44.5 Å². The molecular weight excluding hydrogens is 918 g/mol. The summed E-state index contributed by atoms with van der Waals surface area (Å²) >= 11 is 0. The number of anilines is 6. The first-order valence-electron chi connectivity index (χ1n) is 27.1. The summed E-state index contributed by atoms with van der Waals surface area (Å²) in [5.74, 6) is 0. The number of nitrogens with zero attached hydrogens (tertiary/aromatic N) is 4. The van der Waals surface area contributed by atoms with E-state index in [0.29, 0.717) is 0 Å². The molecule has 0 unspecified atom stereocenters. The van der Waals surface area contributed by atoms with E-state index in [1.165, 1.54) is 133 Å². The van der Waals surface area contributed by atoms with Crippen LogP contribution in [0.25, 0.3) is 77.3 Å². The van der Waals surface area contributed by atoms with Crippen molar-refractivity contribution in [2.24, 2.45) is 0 Å². The Morgan fingerprint density at radius 1 is 0.303 bits per heavy atom. The molecule has 0 radical (unpaired) electrons. The van der Waals surface area contributed by atoms with Crippen LogP contribution in [0.3, 0.4) is 0 Å². The summed E-state index contributed by atoms with van der Waals surface area (Å²) in [5.41, 5.74) is 30.5. The van der Waals surface area contributed by atoms with Crippen LogP contribution in [0.15, 0.2) is 218 Å². The van der Waals surface area contributed by atoms with E-state index in [1.54, 1.807) is 0 Å². The molecule has 360 valence electrons. The van der Waals surface area contributed by atoms with E-state index in [2.05, 4.69) is 279 Å². The monoisotopic (exact) mass is 972 g/mol. The summed E-state index contributed by atoms with van der Waals surface area (Å²) in [6.07, 6.45) is 0. The standard InChI is InChI=1S/C70H54B2N4/c1-69(2,3)47-35-31-43(32-36-47)45-39-55-51-23-17-25-53-65(51)75(71-57-27-13-15-29-59(57)73(61(41-45)63(55)71)49-19-9-7-10-20-49)68-54-26-18-24-52-56-40-46(44-33-37-48(38-34-44)70(4,5)6)42-62-64(56)72(76(66(52)54)67(53)68)58-28-14-16-30-60(58)74(62)50-21-11-8-12-22-50/h7-42H,1-6H3. The number of benzene rings is 10. The van der Waals surface area contributed by atoms with E-state index in [0.717, 1.165) is 11.4 Å². The maximum atomic E-state index is 2.78. The molecule has 76 heavy (non-hydrogen) atoms. The Balaban J connectivity index is 1.02. The zero-order valence-corrected chi connectivity index (χ0v) is 43.7. The van der Waals surface area contributed by atoms with Gasteiger partial charge in [-0.3, -0.25) is 0 Å². The third-order valence-electron chi connectivity index (χ3n) is 17.4. The minimum absolute atomic E-state index is 0.0586. The van der Waals surface area contributed by atoms with Crippen LogP contribution in [0.4, 0.5) is 34.1 Å². The van der Waals surface area contributed by atoms with Crippen molar-refractivity contribution in [2.45, 2.75) is 52.4 Å². The SMILES string of the molecule is CC(C)(C)c1ccc(-c2cc3c4c(c2)N(c2ccccc2)c2ccccc2B4n2c4c-3cccc4c3c2c2cccc4c2n3B2c3ccccc3N(c3ccccc3)c3cc(-c5ccc(C(C)(C)C)cc5)cc-4c32)cc1. The molecule has 10 aromatic carbocycles. The minimum atomic E-state index is -0.0929. The first kappa shape index (κ1) is 43.6. The summed E-state index contributed by atoms with van der Waals surface area (Å²) in [6.45, 7) is 13.6. The average Bonchev–Trinajstić information content (AvgIpc) is 4.18. The highest BCUT2D eigenvalue weighted by molar-refractivity contribution is 6.92. The molecule has 4 nitrogen and oxygen atoms in total. The van der Waals surface area contributed by atoms with Gasteiger partial charge in [-0.1, -0.05) is 199 Å². The third kappa shape index (κ3) is 5.93. The Labute approximate surface area is 445 Å². The number of aromatic nitrogens is 2. The highest BCUT2D eigenvalue weighted by Gasteiger charge is 2.47. The van der Waals surface area contributed by atoms with Gasteiger partial charge >= 0.3 is 13.7 Å². The van der Waals surface area contributed by atoms with Gasteiger partial charge in [0.2, 0.25) is 0 Å². The molecule has 12 aromatic rings. The van der Waals surface area contributed by atoms with Crippen molar-refractivity contribution in [1.29, 1.82) is 0 Å². The fourth-order valence-corrected chi connectivity index (χ4v) is 13.9. The first-order chi connectivity index (χ1) is 37.0. The Kier molecular flexibility index (Phi) is 8.86. The molecule has 0 aliphatic carbocycles. The predicted molar refractivity (Wildman–Crippen MR) is 324 cm³/mol. The highest BCUT2D eigenvalue weighted by atomic mass is 15.2. The number of para-hydroxylation sites is 6. The normalized spacial score (nSPS) is 13.8. The van der Waals surface area contributed by atoms with Gasteiger partial charge in [-0.2, -0.15) is 0 Å². The largest absolute Gasteiger partial charge is 0.374 e. The molecule has 0 fully saturated rings. The van der Waals surface area contributed by atoms with E-state index >= 15 is 0 Å². The second-order valence-electron chi connectivity index (χ2n) is 23.7. The zero-order valence-electron chi connectivity index (χ0n) is 43.7. The summed E-state index contributed by atoms with van der Waals surface area (Å²) in [5, 5.41) is 2.57. The van der Waals surface area contributed by atoms with Crippen molar-refractivity contribution < 1.29 is 0 Å². The number of hydrogen-bond donors (Lipinski definition) is 0. The zero-order chi connectivity index (χ0) is 50.9. The molecule has 4 aliphatic rings. The van der Waals surface area contributed by atoms with Gasteiger partial charge in [0.15, 0.2) is 0 Å². The average molecular weight is 973 g/mol. The molecule has 0 atom stereocenters. The van der Waals surface area contributed by atoms with Crippen molar-refractivity contribution in [2.75, 3.05) is 9.80 Å². The van der Waals surface area contributed by atoms with Crippen LogP contribution in [-0.4, -0.2) is 22.7 Å². The molecule has 0 spiro atoms. The lowest BCUT2D eigenvalue weighted by atomic mass is 9.45. The molecule has 0 amide bonds. The quantitative estimate of drug-likeness (QED) is 0.163. The molecule has 16 rings (SSSR count). The maximum absolute atomic E-state index is 2.78. The Hall–Kier alpha value is -8.73. The van der Waals surface area contributed by atoms with Gasteiger partial charge in [-0.25, -0.2) is 0 Å². The van der Waals surface area contributed by atoms with Gasteiger partial charge in [0.25, 0.3) is 0 Å². The lowest BCUT2D eigenvalue weighted by Gasteiger charge is -2.41. The summed E-state index contributed by atoms with van der Waals surface area (Å²) < 4.78 is 5.55. The van der Waals surface area contributed by atoms with Gasteiger partial charge < -0.3 is 18.8 Å². The van der Waals surface area contributed by atoms with E-state index in [4.69, 9.17) is 0 Å². The van der Waals surface area contributed by atoms with Gasteiger partial charge in [0, 0.05) is 67.1 Å². The summed E-state index contributed by atoms with van der Waals surface area (Å²) in [7, 11) is 0. The molecule has 4 aliphatic heterocycles. The van der Waals surface area contributed by atoms with Crippen LogP contribution in [0, 0.1) is 0 Å². The molecular formula is C70H54B2N4. The van der Waals surface area contributed by atoms with Gasteiger partial charge in [-0.05, 0) is 138 Å². The van der Waals surface area contributed by atoms with Crippen molar-refractivity contribution >= 4 is 103 Å². The van der Waals surface area contributed by atoms with Crippen LogP contribution in [0.5, 0.6) is 0 Å². The van der Waals surface area contributed by atoms with Crippen molar-refractivity contribution in [3.63, 3.8) is 0 Å². The maximum Gasteiger partial charge on any atom is 0.333 e. The Bertz CT molecular complexity index is 4130. The topological polar surface area (TPSA) is 16.3 Å². The molecule has 0 saturated heterocycles. The second-order valence-corrected chi connectivity index (χ2v) is 23.7. The minimum Gasteiger partial charge on any atom is -0.374 e. The van der Waals surface area contributed by atoms with E-state index in [1.807, 2.05) is 0 Å². The van der Waals surface area contributed by atoms with E-state index < -0.39 is 0 Å². The number of fused-ring (bicyclic) bond motifs is 13. The molecule has 0 saturated carbocycles. The second kappa shape index (κ2) is 15.4. The summed E-state index contributed by atoms with van der Waals surface area (Å²) in [6, 6.07) is 83.2. The van der Waals surface area contributed by atoms with Gasteiger partial charge in [0.1, 0.15) is 0 Å². The van der Waals surface area contributed by atoms with E-state index in [9.17, 15) is 0 Å². The number of hydrogen-bond acceptors (Lipinski definition) is 2. The van der Waals surface area contributed by atoms with Crippen LogP contribution < -0.4 is 31.7 Å². The van der Waals surface area contributed by atoms with Crippen LogP contribution in [-0.2, 0) is 10.8 Å². The van der Waals surface area contributed by atoms with Crippen LogP contribution in [0.2, 0.25) is 0 Å². The fourth-order valence-electron chi connectivity index (χ4n) is 13.9. The fraction of sp³-hybridized carbons (Fsp3) is 0.114. The number of rotatable bonds is 4. The smallest absolute Gasteiger partial charge is 0.333 e. The molecule has 0 bridgehead atoms. The van der Waals surface area contributed by atoms with Crippen LogP contribution >= 0.6 is 0 Å². The lowest BCUT2D eigenvalue weighted by molar-refractivity contribution is 0.590. The van der Waals surface area contributed by atoms with E-state index in [-0.39, 0.29) is 24.5 Å². The Morgan fingerprint density at radius 2 is 0.684 bits per heavy atom. The Morgan fingerprint density at radius 3 is 1.08 bits per heavy atom. The van der Waals surface area contributed by atoms with Crippen molar-refractivity contribution in [3.05, 3.63) is 230 Å². The molecule has 2 aromatic heterocycles. The van der Waals surface area contributed by atoms with Gasteiger partial charge in [-0.15, -0.1) is 0 Å². The molecule has 6 heteroatoms. The summed E-state index contributed by atoms with van der Waals surface area (Å²) in [4.78, 5) is 5.06. The molecule has 6 heterocycles. The third-order valence-corrected chi connectivity index (χ3v) is 17.4.